The molecule has 7 nitrogen and oxygen atoms in total. The molecule has 0 bridgehead atoms. The quantitative estimate of drug-likeness (QED) is 0.711. The van der Waals surface area contributed by atoms with Crippen molar-refractivity contribution in [3.05, 3.63) is 54.7 Å². The Morgan fingerprint density at radius 1 is 1.11 bits per heavy atom. The highest BCUT2D eigenvalue weighted by Crippen LogP contribution is 2.28. The Morgan fingerprint density at radius 2 is 2.00 bits per heavy atom. The second-order valence-corrected chi connectivity index (χ2v) is 6.84. The third kappa shape index (κ3) is 4.43. The molecule has 0 saturated carbocycles. The summed E-state index contributed by atoms with van der Waals surface area (Å²) in [4.78, 5) is 27.3. The van der Waals surface area contributed by atoms with E-state index < -0.39 is 0 Å². The fraction of sp³-hybridized carbons (Fsp3) is 0.333. The van der Waals surface area contributed by atoms with Crippen LogP contribution < -0.4 is 10.1 Å². The molecule has 28 heavy (non-hydrogen) atoms. The first-order valence-electron chi connectivity index (χ1n) is 9.61. The molecule has 144 valence electrons. The van der Waals surface area contributed by atoms with Gasteiger partial charge in [-0.15, -0.1) is 0 Å². The minimum Gasteiger partial charge on any atom is -0.492 e. The molecule has 1 aliphatic heterocycles. The Labute approximate surface area is 163 Å². The molecule has 2 aromatic heterocycles. The van der Waals surface area contributed by atoms with E-state index in [0.29, 0.717) is 23.6 Å². The molecule has 1 aromatic carbocycles. The molecule has 0 aliphatic carbocycles. The van der Waals surface area contributed by atoms with Crippen LogP contribution in [0.25, 0.3) is 10.9 Å². The van der Waals surface area contributed by atoms with Gasteiger partial charge in [0.25, 0.3) is 5.91 Å². The molecule has 3 heterocycles. The largest absolute Gasteiger partial charge is 0.492 e. The highest BCUT2D eigenvalue weighted by Gasteiger charge is 2.13. The summed E-state index contributed by atoms with van der Waals surface area (Å²) in [5, 5.41) is 3.80. The molecule has 4 rings (SSSR count). The van der Waals surface area contributed by atoms with E-state index in [0.717, 1.165) is 25.0 Å². The van der Waals surface area contributed by atoms with Crippen LogP contribution in [0.1, 0.15) is 29.8 Å². The lowest BCUT2D eigenvalue weighted by molar-refractivity contribution is 0.102. The second-order valence-electron chi connectivity index (χ2n) is 6.84. The van der Waals surface area contributed by atoms with Gasteiger partial charge in [-0.05, 0) is 38.1 Å². The van der Waals surface area contributed by atoms with E-state index in [1.165, 1.54) is 37.9 Å². The van der Waals surface area contributed by atoms with Crippen LogP contribution in [0.15, 0.2) is 49.1 Å². The van der Waals surface area contributed by atoms with E-state index in [9.17, 15) is 4.79 Å². The number of pyridine rings is 1. The van der Waals surface area contributed by atoms with E-state index in [4.69, 9.17) is 4.74 Å². The molecule has 1 amide bonds. The predicted molar refractivity (Wildman–Crippen MR) is 108 cm³/mol. The van der Waals surface area contributed by atoms with Crippen LogP contribution >= 0.6 is 0 Å². The summed E-state index contributed by atoms with van der Waals surface area (Å²) in [6.07, 6.45) is 10.0. The molecule has 1 aliphatic rings. The van der Waals surface area contributed by atoms with Crippen LogP contribution in [0.3, 0.4) is 0 Å². The monoisotopic (exact) mass is 377 g/mol. The molecular weight excluding hydrogens is 354 g/mol. The van der Waals surface area contributed by atoms with Gasteiger partial charge in [0.15, 0.2) is 0 Å². The predicted octanol–water partition coefficient (Wildman–Crippen LogP) is 3.14. The Hall–Kier alpha value is -3.06. The lowest BCUT2D eigenvalue weighted by atomic mass is 10.1. The van der Waals surface area contributed by atoms with Gasteiger partial charge in [-0.2, -0.15) is 0 Å². The lowest BCUT2D eigenvalue weighted by Gasteiger charge is -2.26. The molecule has 1 fully saturated rings. The van der Waals surface area contributed by atoms with Gasteiger partial charge in [-0.1, -0.05) is 12.5 Å². The van der Waals surface area contributed by atoms with Crippen LogP contribution in [-0.4, -0.2) is 52.0 Å². The minimum atomic E-state index is -0.328. The minimum absolute atomic E-state index is 0.253. The number of carbonyl (C=O) groups is 1. The summed E-state index contributed by atoms with van der Waals surface area (Å²) in [5.41, 5.74) is 1.56. The van der Waals surface area contributed by atoms with E-state index in [1.807, 2.05) is 24.3 Å². The number of rotatable bonds is 6. The van der Waals surface area contributed by atoms with E-state index in [2.05, 4.69) is 25.2 Å². The van der Waals surface area contributed by atoms with Crippen molar-refractivity contribution in [3.63, 3.8) is 0 Å². The van der Waals surface area contributed by atoms with Crippen molar-refractivity contribution in [2.75, 3.05) is 31.6 Å². The Morgan fingerprint density at radius 3 is 2.82 bits per heavy atom. The summed E-state index contributed by atoms with van der Waals surface area (Å²) in [7, 11) is 0. The van der Waals surface area contributed by atoms with Gasteiger partial charge in [-0.25, -0.2) is 4.98 Å². The highest BCUT2D eigenvalue weighted by atomic mass is 16.5. The molecular formula is C21H23N5O2. The van der Waals surface area contributed by atoms with Crippen molar-refractivity contribution in [2.24, 2.45) is 0 Å². The van der Waals surface area contributed by atoms with E-state index >= 15 is 0 Å². The maximum Gasteiger partial charge on any atom is 0.275 e. The van der Waals surface area contributed by atoms with Crippen LogP contribution in [-0.2, 0) is 0 Å². The second kappa shape index (κ2) is 8.75. The number of anilines is 1. The molecule has 3 aromatic rings. The first-order chi connectivity index (χ1) is 13.8. The molecule has 1 N–H and O–H groups in total. The van der Waals surface area contributed by atoms with Crippen LogP contribution in [0.2, 0.25) is 0 Å². The average molecular weight is 377 g/mol. The summed E-state index contributed by atoms with van der Waals surface area (Å²) in [6.45, 7) is 3.81. The fourth-order valence-corrected chi connectivity index (χ4v) is 3.42. The van der Waals surface area contributed by atoms with Gasteiger partial charge >= 0.3 is 0 Å². The maximum atomic E-state index is 12.5. The standard InChI is InChI=1S/C21H23N5O2/c27-21(19-15-22-7-8-23-19)25-18-14-17(13-16-5-4-6-24-20(16)18)28-12-11-26-9-2-1-3-10-26/h4-8,13-15H,1-3,9-12H2,(H,25,27). The zero-order valence-corrected chi connectivity index (χ0v) is 15.7. The van der Waals surface area contributed by atoms with Gasteiger partial charge in [0.05, 0.1) is 17.4 Å². The van der Waals surface area contributed by atoms with Crippen molar-refractivity contribution in [1.82, 2.24) is 19.9 Å². The normalized spacial score (nSPS) is 14.7. The number of ether oxygens (including phenoxy) is 1. The van der Waals surface area contributed by atoms with E-state index in [-0.39, 0.29) is 11.6 Å². The third-order valence-electron chi connectivity index (χ3n) is 4.85. The lowest BCUT2D eigenvalue weighted by Crippen LogP contribution is -2.33. The SMILES string of the molecule is O=C(Nc1cc(OCCN2CCCCC2)cc2cccnc12)c1cnccn1. The third-order valence-corrected chi connectivity index (χ3v) is 4.85. The zero-order valence-electron chi connectivity index (χ0n) is 15.7. The molecule has 7 heteroatoms. The molecule has 0 spiro atoms. The smallest absolute Gasteiger partial charge is 0.275 e. The van der Waals surface area contributed by atoms with E-state index in [1.54, 1.807) is 6.20 Å². The number of likely N-dealkylation sites (tertiary alicyclic amines) is 1. The Kier molecular flexibility index (Phi) is 5.72. The van der Waals surface area contributed by atoms with Crippen LogP contribution in [0.5, 0.6) is 5.75 Å². The summed E-state index contributed by atoms with van der Waals surface area (Å²) in [5.74, 6) is 0.387. The van der Waals surface area contributed by atoms with Crippen LogP contribution in [0.4, 0.5) is 5.69 Å². The Balaban J connectivity index is 1.50. The summed E-state index contributed by atoms with van der Waals surface area (Å²) < 4.78 is 6.00. The summed E-state index contributed by atoms with van der Waals surface area (Å²) in [6, 6.07) is 7.60. The Bertz CT molecular complexity index is 942. The number of aromatic nitrogens is 3. The van der Waals surface area contributed by atoms with Crippen molar-refractivity contribution in [2.45, 2.75) is 19.3 Å². The number of hydrogen-bond acceptors (Lipinski definition) is 6. The van der Waals surface area contributed by atoms with Gasteiger partial charge in [0.1, 0.15) is 18.1 Å². The number of nitrogens with zero attached hydrogens (tertiary/aromatic N) is 4. The molecule has 0 atom stereocenters. The van der Waals surface area contributed by atoms with Gasteiger partial charge in [0.2, 0.25) is 0 Å². The van der Waals surface area contributed by atoms with Gasteiger partial charge in [-0.3, -0.25) is 19.7 Å². The molecule has 0 radical (unpaired) electrons. The van der Waals surface area contributed by atoms with Crippen molar-refractivity contribution in [1.29, 1.82) is 0 Å². The topological polar surface area (TPSA) is 80.2 Å². The van der Waals surface area contributed by atoms with Gasteiger partial charge in [0, 0.05) is 36.6 Å². The number of nitrogens with one attached hydrogen (secondary N) is 1. The average Bonchev–Trinajstić information content (AvgIpc) is 2.75. The number of piperidine rings is 1. The molecule has 0 unspecified atom stereocenters. The first-order valence-corrected chi connectivity index (χ1v) is 9.61. The van der Waals surface area contributed by atoms with Crippen molar-refractivity contribution < 1.29 is 9.53 Å². The number of fused-ring (bicyclic) bond motifs is 1. The highest BCUT2D eigenvalue weighted by molar-refractivity contribution is 6.07. The fourth-order valence-electron chi connectivity index (χ4n) is 3.42. The van der Waals surface area contributed by atoms with Crippen molar-refractivity contribution >= 4 is 22.5 Å². The van der Waals surface area contributed by atoms with Crippen LogP contribution in [0, 0.1) is 0 Å². The molecule has 1 saturated heterocycles. The van der Waals surface area contributed by atoms with Crippen molar-refractivity contribution in [3.8, 4) is 5.75 Å². The maximum absolute atomic E-state index is 12.5. The zero-order chi connectivity index (χ0) is 19.2. The summed E-state index contributed by atoms with van der Waals surface area (Å²) >= 11 is 0. The number of hydrogen-bond donors (Lipinski definition) is 1. The van der Waals surface area contributed by atoms with Gasteiger partial charge < -0.3 is 10.1 Å². The number of amides is 1. The number of benzene rings is 1. The first kappa shape index (κ1) is 18.3. The number of carbonyl (C=O) groups excluding carboxylic acids is 1.